The normalized spacial score (nSPS) is 9.18. The summed E-state index contributed by atoms with van der Waals surface area (Å²) in [4.78, 5) is 3.05. The molecule has 1 aromatic rings. The fourth-order valence-corrected chi connectivity index (χ4v) is 1.14. The number of benzene rings is 1. The van der Waals surface area contributed by atoms with Crippen molar-refractivity contribution >= 4 is 11.6 Å². The van der Waals surface area contributed by atoms with E-state index < -0.39 is 0 Å². The van der Waals surface area contributed by atoms with Gasteiger partial charge in [0.15, 0.2) is 0 Å². The summed E-state index contributed by atoms with van der Waals surface area (Å²) in [6, 6.07) is 5.49. The zero-order valence-electron chi connectivity index (χ0n) is 6.21. The number of nitrogens with zero attached hydrogens (tertiary/aromatic N) is 2. The fraction of sp³-hybridized carbons (Fsp3) is 0.250. The molecule has 2 nitrogen and oxygen atoms in total. The molecule has 0 N–H and O–H groups in total. The number of diazo groups is 1. The van der Waals surface area contributed by atoms with Gasteiger partial charge in [0.1, 0.15) is 4.98 Å². The van der Waals surface area contributed by atoms with E-state index in [9.17, 15) is 0 Å². The van der Waals surface area contributed by atoms with Gasteiger partial charge in [-0.05, 0) is 30.7 Å². The molecule has 1 aromatic carbocycles. The van der Waals surface area contributed by atoms with Gasteiger partial charge in [-0.3, -0.25) is 0 Å². The second-order valence-corrected chi connectivity index (χ2v) is 2.81. The van der Waals surface area contributed by atoms with Crippen molar-refractivity contribution in [3.63, 3.8) is 0 Å². The van der Waals surface area contributed by atoms with Gasteiger partial charge in [0, 0.05) is 10.6 Å². The summed E-state index contributed by atoms with van der Waals surface area (Å²) < 4.78 is 0. The molecule has 0 unspecified atom stereocenters. The number of hydrogen-bond acceptors (Lipinski definition) is 1. The van der Waals surface area contributed by atoms with Gasteiger partial charge in [-0.15, -0.1) is 0 Å². The van der Waals surface area contributed by atoms with E-state index >= 15 is 0 Å². The third kappa shape index (κ3) is 1.92. The van der Waals surface area contributed by atoms with Crippen LogP contribution >= 0.6 is 11.6 Å². The van der Waals surface area contributed by atoms with Crippen LogP contribution in [0, 0.1) is 12.3 Å². The van der Waals surface area contributed by atoms with Crippen LogP contribution in [0.3, 0.4) is 0 Å². The molecule has 0 aliphatic rings. The highest BCUT2D eigenvalue weighted by Crippen LogP contribution is 2.15. The lowest BCUT2D eigenvalue weighted by molar-refractivity contribution is 1.16. The predicted octanol–water partition coefficient (Wildman–Crippen LogP) is 3.00. The highest BCUT2D eigenvalue weighted by molar-refractivity contribution is 6.30. The molecule has 0 saturated carbocycles. The van der Waals surface area contributed by atoms with E-state index in [1.807, 2.05) is 19.1 Å². The van der Waals surface area contributed by atoms with Crippen molar-refractivity contribution in [2.24, 2.45) is 0 Å². The van der Waals surface area contributed by atoms with Crippen LogP contribution in [0.2, 0.25) is 5.02 Å². The molecule has 0 aliphatic heterocycles. The molecule has 3 heteroatoms. The van der Waals surface area contributed by atoms with Crippen molar-refractivity contribution in [2.75, 3.05) is 0 Å². The highest BCUT2D eigenvalue weighted by Gasteiger charge is 2.03. The van der Waals surface area contributed by atoms with Crippen LogP contribution in [0.4, 0.5) is 0 Å². The molecule has 0 radical (unpaired) electrons. The molecule has 1 rings (SSSR count). The van der Waals surface area contributed by atoms with Gasteiger partial charge in [0.25, 0.3) is 0 Å². The van der Waals surface area contributed by atoms with Crippen molar-refractivity contribution in [2.45, 2.75) is 13.5 Å². The van der Waals surface area contributed by atoms with E-state index in [2.05, 4.69) is 4.98 Å². The Morgan fingerprint density at radius 3 is 2.82 bits per heavy atom. The van der Waals surface area contributed by atoms with E-state index in [4.69, 9.17) is 17.0 Å². The average Bonchev–Trinajstić information content (AvgIpc) is 1.95. The first-order valence-electron chi connectivity index (χ1n) is 3.30. The molecule has 0 atom stereocenters. The van der Waals surface area contributed by atoms with Gasteiger partial charge in [0.2, 0.25) is 5.39 Å². The predicted molar refractivity (Wildman–Crippen MR) is 45.0 cm³/mol. The van der Waals surface area contributed by atoms with Crippen LogP contribution in [-0.4, -0.2) is 0 Å². The van der Waals surface area contributed by atoms with Crippen molar-refractivity contribution in [3.05, 3.63) is 39.3 Å². The van der Waals surface area contributed by atoms with Gasteiger partial charge < -0.3 is 0 Å². The van der Waals surface area contributed by atoms with Crippen LogP contribution in [0.5, 0.6) is 0 Å². The second kappa shape index (κ2) is 3.36. The number of halogens is 1. The molecule has 0 amide bonds. The molecular weight excluding hydrogens is 160 g/mol. The summed E-state index contributed by atoms with van der Waals surface area (Å²) >= 11 is 5.72. The quantitative estimate of drug-likeness (QED) is 0.591. The SMILES string of the molecule is Cc1cc(Cl)ccc1C[N+]#N. The summed E-state index contributed by atoms with van der Waals surface area (Å²) in [5, 5.41) is 9.02. The molecule has 0 aromatic heterocycles. The van der Waals surface area contributed by atoms with E-state index in [1.165, 1.54) is 0 Å². The van der Waals surface area contributed by atoms with Crippen LogP contribution in [0.25, 0.3) is 4.98 Å². The Morgan fingerprint density at radius 1 is 1.55 bits per heavy atom. The third-order valence-electron chi connectivity index (χ3n) is 1.55. The van der Waals surface area contributed by atoms with E-state index in [0.29, 0.717) is 11.6 Å². The summed E-state index contributed by atoms with van der Waals surface area (Å²) in [6.07, 6.45) is 0. The van der Waals surface area contributed by atoms with E-state index in [0.717, 1.165) is 11.1 Å². The Hall–Kier alpha value is -1.07. The lowest BCUT2D eigenvalue weighted by Gasteiger charge is -1.95. The Morgan fingerprint density at radius 2 is 2.27 bits per heavy atom. The number of hydrogen-bond donors (Lipinski definition) is 0. The number of aryl methyl sites for hydroxylation is 1. The van der Waals surface area contributed by atoms with Gasteiger partial charge in [-0.1, -0.05) is 11.6 Å². The lowest BCUT2D eigenvalue weighted by atomic mass is 10.1. The average molecular weight is 168 g/mol. The van der Waals surface area contributed by atoms with Crippen LogP contribution in [0.15, 0.2) is 18.2 Å². The molecule has 0 aliphatic carbocycles. The Kier molecular flexibility index (Phi) is 2.45. The van der Waals surface area contributed by atoms with Crippen molar-refractivity contribution in [1.82, 2.24) is 0 Å². The van der Waals surface area contributed by atoms with Crippen molar-refractivity contribution < 1.29 is 0 Å². The highest BCUT2D eigenvalue weighted by atomic mass is 35.5. The molecule has 11 heavy (non-hydrogen) atoms. The first-order chi connectivity index (χ1) is 5.24. The summed E-state index contributed by atoms with van der Waals surface area (Å²) in [7, 11) is 0. The fourth-order valence-electron chi connectivity index (χ4n) is 0.913. The summed E-state index contributed by atoms with van der Waals surface area (Å²) in [5.41, 5.74) is 2.05. The van der Waals surface area contributed by atoms with Crippen molar-refractivity contribution in [3.8, 4) is 0 Å². The van der Waals surface area contributed by atoms with Gasteiger partial charge in [-0.2, -0.15) is 0 Å². The maximum Gasteiger partial charge on any atom is 0.330 e. The van der Waals surface area contributed by atoms with Crippen molar-refractivity contribution in [1.29, 1.82) is 5.39 Å². The minimum absolute atomic E-state index is 0.336. The van der Waals surface area contributed by atoms with Crippen LogP contribution in [-0.2, 0) is 6.54 Å². The Bertz CT molecular complexity index is 301. The molecule has 0 saturated heterocycles. The maximum absolute atomic E-state index is 8.31. The van der Waals surface area contributed by atoms with Crippen LogP contribution in [0.1, 0.15) is 11.1 Å². The van der Waals surface area contributed by atoms with Gasteiger partial charge >= 0.3 is 6.54 Å². The summed E-state index contributed by atoms with van der Waals surface area (Å²) in [6.45, 7) is 2.27. The smallest absolute Gasteiger partial charge is 0.0843 e. The minimum Gasteiger partial charge on any atom is -0.0843 e. The molecule has 0 bridgehead atoms. The first kappa shape index (κ1) is 8.03. The summed E-state index contributed by atoms with van der Waals surface area (Å²) in [5.74, 6) is 0. The Balaban J connectivity index is 3.01. The zero-order chi connectivity index (χ0) is 8.27. The molecule has 0 heterocycles. The zero-order valence-corrected chi connectivity index (χ0v) is 6.97. The van der Waals surface area contributed by atoms with Gasteiger partial charge in [-0.25, -0.2) is 0 Å². The maximum atomic E-state index is 8.31. The van der Waals surface area contributed by atoms with E-state index in [1.54, 1.807) is 6.07 Å². The van der Waals surface area contributed by atoms with E-state index in [-0.39, 0.29) is 0 Å². The molecule has 0 fully saturated rings. The minimum atomic E-state index is 0.336. The molecule has 56 valence electrons. The largest absolute Gasteiger partial charge is 0.330 e. The molecule has 0 spiro atoms. The standard InChI is InChI=1S/C8H8ClN2/c1-6-4-8(9)3-2-7(6)5-11-10/h2-4H,5H2,1H3/q+1. The third-order valence-corrected chi connectivity index (χ3v) is 1.78. The topological polar surface area (TPSA) is 28.1 Å². The molecular formula is C8H8ClN2+. The first-order valence-corrected chi connectivity index (χ1v) is 3.67. The Labute approximate surface area is 70.4 Å². The monoisotopic (exact) mass is 167 g/mol. The van der Waals surface area contributed by atoms with Gasteiger partial charge in [0.05, 0.1) is 0 Å². The lowest BCUT2D eigenvalue weighted by Crippen LogP contribution is -1.84. The number of rotatable bonds is 1. The second-order valence-electron chi connectivity index (χ2n) is 2.37. The van der Waals surface area contributed by atoms with Crippen LogP contribution < -0.4 is 0 Å².